The van der Waals surface area contributed by atoms with Gasteiger partial charge in [0.2, 0.25) is 5.91 Å². The van der Waals surface area contributed by atoms with Crippen LogP contribution in [-0.4, -0.2) is 30.1 Å². The van der Waals surface area contributed by atoms with Crippen LogP contribution >= 0.6 is 11.6 Å². The molecule has 1 aromatic carbocycles. The number of nitrogens with one attached hydrogen (secondary N) is 1. The maximum atomic E-state index is 12.1. The number of likely N-dealkylation sites (tertiary alicyclic amines) is 1. The third-order valence-corrected chi connectivity index (χ3v) is 4.44. The van der Waals surface area contributed by atoms with Crippen molar-refractivity contribution in [2.75, 3.05) is 13.1 Å². The number of hydrazone groups is 1. The molecule has 0 radical (unpaired) electrons. The summed E-state index contributed by atoms with van der Waals surface area (Å²) in [5.74, 6) is 0.609. The number of hydrogen-bond acceptors (Lipinski definition) is 4. The monoisotopic (exact) mass is 345 g/mol. The molecule has 1 fully saturated rings. The number of halogens is 1. The Morgan fingerprint density at radius 2 is 2.04 bits per heavy atom. The van der Waals surface area contributed by atoms with Gasteiger partial charge in [0, 0.05) is 17.5 Å². The predicted molar refractivity (Wildman–Crippen MR) is 93.9 cm³/mol. The first kappa shape index (κ1) is 16.7. The molecule has 1 aliphatic rings. The van der Waals surface area contributed by atoms with Gasteiger partial charge in [-0.15, -0.1) is 0 Å². The number of carbonyl (C=O) groups is 1. The van der Waals surface area contributed by atoms with E-state index in [1.165, 1.54) is 11.8 Å². The van der Waals surface area contributed by atoms with Crippen molar-refractivity contribution in [3.63, 3.8) is 0 Å². The van der Waals surface area contributed by atoms with Crippen molar-refractivity contribution in [3.8, 4) is 0 Å². The topological polar surface area (TPSA) is 57.8 Å². The maximum absolute atomic E-state index is 12.1. The van der Waals surface area contributed by atoms with E-state index in [1.807, 2.05) is 24.3 Å². The molecule has 126 valence electrons. The van der Waals surface area contributed by atoms with Gasteiger partial charge in [-0.05, 0) is 55.8 Å². The highest BCUT2D eigenvalue weighted by molar-refractivity contribution is 6.30. The van der Waals surface area contributed by atoms with Crippen molar-refractivity contribution in [1.82, 2.24) is 10.3 Å². The lowest BCUT2D eigenvalue weighted by Gasteiger charge is -2.30. The lowest BCUT2D eigenvalue weighted by molar-refractivity contribution is -0.126. The number of piperidine rings is 1. The van der Waals surface area contributed by atoms with Crippen molar-refractivity contribution in [3.05, 3.63) is 59.0 Å². The van der Waals surface area contributed by atoms with Crippen LogP contribution in [-0.2, 0) is 11.3 Å². The number of carbonyl (C=O) groups excluding carboxylic acids is 1. The predicted octanol–water partition coefficient (Wildman–Crippen LogP) is 3.30. The van der Waals surface area contributed by atoms with Gasteiger partial charge < -0.3 is 4.42 Å². The Kier molecular flexibility index (Phi) is 5.67. The van der Waals surface area contributed by atoms with E-state index in [1.54, 1.807) is 18.4 Å². The minimum atomic E-state index is -0.0241. The molecule has 1 aromatic heterocycles. The maximum Gasteiger partial charge on any atom is 0.243 e. The van der Waals surface area contributed by atoms with Gasteiger partial charge in [-0.2, -0.15) is 5.10 Å². The average Bonchev–Trinajstić information content (AvgIpc) is 3.11. The van der Waals surface area contributed by atoms with E-state index in [9.17, 15) is 4.79 Å². The molecule has 3 rings (SSSR count). The van der Waals surface area contributed by atoms with Crippen LogP contribution in [0.4, 0.5) is 0 Å². The van der Waals surface area contributed by atoms with Crippen molar-refractivity contribution >= 4 is 23.7 Å². The van der Waals surface area contributed by atoms with Crippen molar-refractivity contribution < 1.29 is 9.21 Å². The first-order valence-corrected chi connectivity index (χ1v) is 8.42. The van der Waals surface area contributed by atoms with Crippen LogP contribution in [0.1, 0.15) is 24.2 Å². The number of nitrogens with zero attached hydrogens (tertiary/aromatic N) is 2. The Morgan fingerprint density at radius 3 is 2.71 bits per heavy atom. The van der Waals surface area contributed by atoms with Gasteiger partial charge >= 0.3 is 0 Å². The second-order valence-corrected chi connectivity index (χ2v) is 6.36. The third-order valence-electron chi connectivity index (χ3n) is 4.19. The van der Waals surface area contributed by atoms with Gasteiger partial charge in [-0.3, -0.25) is 9.69 Å². The number of amides is 1. The molecule has 1 saturated heterocycles. The van der Waals surface area contributed by atoms with E-state index in [2.05, 4.69) is 15.4 Å². The summed E-state index contributed by atoms with van der Waals surface area (Å²) in [7, 11) is 0. The molecule has 2 heterocycles. The molecule has 2 aromatic rings. The molecule has 6 heteroatoms. The molecule has 0 spiro atoms. The van der Waals surface area contributed by atoms with Gasteiger partial charge in [0.1, 0.15) is 5.76 Å². The van der Waals surface area contributed by atoms with Gasteiger partial charge in [0.15, 0.2) is 0 Å². The van der Waals surface area contributed by atoms with E-state index in [-0.39, 0.29) is 11.8 Å². The zero-order chi connectivity index (χ0) is 16.8. The molecule has 1 N–H and O–H groups in total. The smallest absolute Gasteiger partial charge is 0.243 e. The zero-order valence-electron chi connectivity index (χ0n) is 13.3. The highest BCUT2D eigenvalue weighted by Gasteiger charge is 2.24. The molecular formula is C18H20ClN3O2. The summed E-state index contributed by atoms with van der Waals surface area (Å²) >= 11 is 5.91. The standard InChI is InChI=1S/C18H20ClN3O2/c19-16-5-3-14(4-6-16)13-22-9-7-15(8-10-22)18(23)21-20-12-17-2-1-11-24-17/h1-6,11-12,15H,7-10,13H2,(H,21,23)/b20-12-. The van der Waals surface area contributed by atoms with E-state index >= 15 is 0 Å². The summed E-state index contributed by atoms with van der Waals surface area (Å²) < 4.78 is 5.12. The summed E-state index contributed by atoms with van der Waals surface area (Å²) in [5, 5.41) is 4.69. The molecule has 1 amide bonds. The van der Waals surface area contributed by atoms with E-state index in [0.29, 0.717) is 5.76 Å². The molecule has 1 aliphatic heterocycles. The summed E-state index contributed by atoms with van der Waals surface area (Å²) in [6.45, 7) is 2.70. The molecule has 0 unspecified atom stereocenters. The van der Waals surface area contributed by atoms with Crippen LogP contribution in [0.3, 0.4) is 0 Å². The summed E-state index contributed by atoms with van der Waals surface area (Å²) in [5.41, 5.74) is 3.84. The number of rotatable bonds is 5. The Balaban J connectivity index is 1.42. The Morgan fingerprint density at radius 1 is 1.29 bits per heavy atom. The number of furan rings is 1. The van der Waals surface area contributed by atoms with Crippen LogP contribution in [0.2, 0.25) is 5.02 Å². The summed E-state index contributed by atoms with van der Waals surface area (Å²) in [4.78, 5) is 14.5. The van der Waals surface area contributed by atoms with E-state index < -0.39 is 0 Å². The largest absolute Gasteiger partial charge is 0.463 e. The van der Waals surface area contributed by atoms with Gasteiger partial charge in [0.25, 0.3) is 0 Å². The van der Waals surface area contributed by atoms with Crippen molar-refractivity contribution in [2.45, 2.75) is 19.4 Å². The van der Waals surface area contributed by atoms with E-state index in [4.69, 9.17) is 16.0 Å². The van der Waals surface area contributed by atoms with Crippen LogP contribution < -0.4 is 5.43 Å². The van der Waals surface area contributed by atoms with Gasteiger partial charge in [-0.1, -0.05) is 23.7 Å². The fourth-order valence-corrected chi connectivity index (χ4v) is 2.94. The second-order valence-electron chi connectivity index (χ2n) is 5.93. The average molecular weight is 346 g/mol. The first-order chi connectivity index (χ1) is 11.7. The highest BCUT2D eigenvalue weighted by atomic mass is 35.5. The fraction of sp³-hybridized carbons (Fsp3) is 0.333. The summed E-state index contributed by atoms with van der Waals surface area (Å²) in [6.07, 6.45) is 4.76. The fourth-order valence-electron chi connectivity index (χ4n) is 2.82. The zero-order valence-corrected chi connectivity index (χ0v) is 14.1. The van der Waals surface area contributed by atoms with Crippen LogP contribution in [0, 0.1) is 5.92 Å². The van der Waals surface area contributed by atoms with Crippen molar-refractivity contribution in [2.24, 2.45) is 11.0 Å². The molecule has 0 aliphatic carbocycles. The normalized spacial score (nSPS) is 16.5. The Hall–Kier alpha value is -2.11. The van der Waals surface area contributed by atoms with Crippen LogP contribution in [0.15, 0.2) is 52.2 Å². The minimum Gasteiger partial charge on any atom is -0.463 e. The van der Waals surface area contributed by atoms with E-state index in [0.717, 1.165) is 37.5 Å². The van der Waals surface area contributed by atoms with Crippen molar-refractivity contribution in [1.29, 1.82) is 0 Å². The Labute approximate surface area is 146 Å². The van der Waals surface area contributed by atoms with Gasteiger partial charge in [0.05, 0.1) is 12.5 Å². The minimum absolute atomic E-state index is 0.0141. The highest BCUT2D eigenvalue weighted by Crippen LogP contribution is 2.20. The quantitative estimate of drug-likeness (QED) is 0.668. The molecule has 0 bridgehead atoms. The lowest BCUT2D eigenvalue weighted by Crippen LogP contribution is -2.39. The Bertz CT molecular complexity index is 675. The molecule has 5 nitrogen and oxygen atoms in total. The second kappa shape index (κ2) is 8.13. The number of benzene rings is 1. The summed E-state index contributed by atoms with van der Waals surface area (Å²) in [6, 6.07) is 11.5. The molecular weight excluding hydrogens is 326 g/mol. The third kappa shape index (κ3) is 4.69. The molecule has 0 saturated carbocycles. The molecule has 0 atom stereocenters. The first-order valence-electron chi connectivity index (χ1n) is 8.04. The number of hydrogen-bond donors (Lipinski definition) is 1. The van der Waals surface area contributed by atoms with Crippen LogP contribution in [0.25, 0.3) is 0 Å². The van der Waals surface area contributed by atoms with Gasteiger partial charge in [-0.25, -0.2) is 5.43 Å². The SMILES string of the molecule is O=C(N/N=C\c1ccco1)C1CCN(Cc2ccc(Cl)cc2)CC1. The van der Waals surface area contributed by atoms with Crippen LogP contribution in [0.5, 0.6) is 0 Å². The lowest BCUT2D eigenvalue weighted by atomic mass is 9.96. The molecule has 24 heavy (non-hydrogen) atoms.